The van der Waals surface area contributed by atoms with E-state index < -0.39 is 29.6 Å². The lowest BCUT2D eigenvalue weighted by atomic mass is 9.86. The molecule has 0 aromatic heterocycles. The second kappa shape index (κ2) is 8.01. The zero-order valence-corrected chi connectivity index (χ0v) is 12.6. The van der Waals surface area contributed by atoms with Crippen LogP contribution < -0.4 is 10.6 Å². The van der Waals surface area contributed by atoms with Crippen LogP contribution in [-0.4, -0.2) is 36.1 Å². The summed E-state index contributed by atoms with van der Waals surface area (Å²) >= 11 is 0. The fraction of sp³-hybridized carbons (Fsp3) is 0.500. The number of rotatable bonds is 5. The third-order valence-corrected chi connectivity index (χ3v) is 3.96. The van der Waals surface area contributed by atoms with Gasteiger partial charge in [-0.25, -0.2) is 8.78 Å². The molecule has 126 valence electrons. The molecule has 1 aliphatic rings. The van der Waals surface area contributed by atoms with E-state index in [9.17, 15) is 23.5 Å². The summed E-state index contributed by atoms with van der Waals surface area (Å²) < 4.78 is 26.1. The summed E-state index contributed by atoms with van der Waals surface area (Å²) in [5.41, 5.74) is -0.182. The Morgan fingerprint density at radius 1 is 1.09 bits per heavy atom. The molecule has 0 heterocycles. The summed E-state index contributed by atoms with van der Waals surface area (Å²) in [7, 11) is 0. The number of carbonyl (C=O) groups excluding carboxylic acids is 2. The summed E-state index contributed by atoms with van der Waals surface area (Å²) in [5.74, 6) is -2.82. The van der Waals surface area contributed by atoms with Gasteiger partial charge >= 0.3 is 0 Å². The lowest BCUT2D eigenvalue weighted by Gasteiger charge is -2.27. The molecule has 0 unspecified atom stereocenters. The largest absolute Gasteiger partial charge is 0.393 e. The molecule has 0 saturated heterocycles. The molecule has 0 spiro atoms. The summed E-state index contributed by atoms with van der Waals surface area (Å²) in [5, 5.41) is 14.8. The molecule has 23 heavy (non-hydrogen) atoms. The lowest BCUT2D eigenvalue weighted by Crippen LogP contribution is -2.41. The molecule has 1 aromatic carbocycles. The van der Waals surface area contributed by atoms with Crippen LogP contribution in [0.25, 0.3) is 0 Å². The molecular weight excluding hydrogens is 306 g/mol. The number of amides is 2. The van der Waals surface area contributed by atoms with Gasteiger partial charge in [0, 0.05) is 24.1 Å². The Balaban J connectivity index is 1.76. The maximum absolute atomic E-state index is 13.0. The topological polar surface area (TPSA) is 78.4 Å². The maximum Gasteiger partial charge on any atom is 0.251 e. The molecule has 0 radical (unpaired) electrons. The average molecular weight is 326 g/mol. The van der Waals surface area contributed by atoms with Crippen molar-refractivity contribution < 1.29 is 23.5 Å². The van der Waals surface area contributed by atoms with Crippen LogP contribution in [0.4, 0.5) is 8.78 Å². The third kappa shape index (κ3) is 5.28. The normalized spacial score (nSPS) is 20.8. The highest BCUT2D eigenvalue weighted by atomic mass is 19.1. The van der Waals surface area contributed by atoms with Crippen molar-refractivity contribution in [2.24, 2.45) is 5.92 Å². The molecule has 1 saturated carbocycles. The molecule has 3 N–H and O–H groups in total. The molecule has 1 fully saturated rings. The fourth-order valence-corrected chi connectivity index (χ4v) is 2.68. The molecule has 0 aliphatic heterocycles. The number of nitrogens with one attached hydrogen (secondary N) is 2. The Hall–Kier alpha value is -2.02. The van der Waals surface area contributed by atoms with Crippen LogP contribution in [0.1, 0.15) is 36.0 Å². The van der Waals surface area contributed by atoms with E-state index in [1.54, 1.807) is 0 Å². The second-order valence-corrected chi connectivity index (χ2v) is 5.76. The van der Waals surface area contributed by atoms with Gasteiger partial charge in [0.15, 0.2) is 0 Å². The predicted molar refractivity (Wildman–Crippen MR) is 79.7 cm³/mol. The van der Waals surface area contributed by atoms with Crippen LogP contribution in [0.5, 0.6) is 0 Å². The zero-order chi connectivity index (χ0) is 16.8. The van der Waals surface area contributed by atoms with Crippen molar-refractivity contribution in [3.8, 4) is 0 Å². The highest BCUT2D eigenvalue weighted by Gasteiger charge is 2.23. The van der Waals surface area contributed by atoms with E-state index in [0.29, 0.717) is 12.6 Å². The molecule has 2 rings (SSSR count). The van der Waals surface area contributed by atoms with Gasteiger partial charge in [0.05, 0.1) is 12.6 Å². The van der Waals surface area contributed by atoms with Crippen molar-refractivity contribution in [1.29, 1.82) is 0 Å². The van der Waals surface area contributed by atoms with Crippen molar-refractivity contribution in [3.05, 3.63) is 35.4 Å². The highest BCUT2D eigenvalue weighted by molar-refractivity contribution is 5.96. The van der Waals surface area contributed by atoms with Crippen LogP contribution in [0, 0.1) is 17.6 Å². The summed E-state index contributed by atoms with van der Waals surface area (Å²) in [6, 6.07) is 2.46. The molecule has 1 aromatic rings. The van der Waals surface area contributed by atoms with Crippen LogP contribution in [0.2, 0.25) is 0 Å². The number of aliphatic hydroxyl groups excluding tert-OH is 1. The van der Waals surface area contributed by atoms with Gasteiger partial charge < -0.3 is 15.7 Å². The Bertz CT molecular complexity index is 560. The first-order valence-electron chi connectivity index (χ1n) is 7.65. The van der Waals surface area contributed by atoms with Gasteiger partial charge in [0.25, 0.3) is 5.91 Å². The van der Waals surface area contributed by atoms with Crippen LogP contribution in [-0.2, 0) is 4.79 Å². The lowest BCUT2D eigenvalue weighted by molar-refractivity contribution is -0.120. The van der Waals surface area contributed by atoms with Gasteiger partial charge in [0.2, 0.25) is 5.91 Å². The number of carbonyl (C=O) groups is 2. The van der Waals surface area contributed by atoms with E-state index in [2.05, 4.69) is 10.6 Å². The summed E-state index contributed by atoms with van der Waals surface area (Å²) in [6.07, 6.45) is 3.21. The Morgan fingerprint density at radius 2 is 1.74 bits per heavy atom. The monoisotopic (exact) mass is 326 g/mol. The van der Waals surface area contributed by atoms with Crippen molar-refractivity contribution in [3.63, 3.8) is 0 Å². The van der Waals surface area contributed by atoms with Gasteiger partial charge in [-0.3, -0.25) is 9.59 Å². The highest BCUT2D eigenvalue weighted by Crippen LogP contribution is 2.23. The fourth-order valence-electron chi connectivity index (χ4n) is 2.68. The molecule has 2 amide bonds. The number of hydrogen-bond donors (Lipinski definition) is 3. The first-order valence-corrected chi connectivity index (χ1v) is 7.65. The smallest absolute Gasteiger partial charge is 0.251 e. The predicted octanol–water partition coefficient (Wildman–Crippen LogP) is 1.36. The first kappa shape index (κ1) is 17.3. The van der Waals surface area contributed by atoms with Gasteiger partial charge in [-0.2, -0.15) is 0 Å². The van der Waals surface area contributed by atoms with Gasteiger partial charge in [-0.15, -0.1) is 0 Å². The Morgan fingerprint density at radius 3 is 2.39 bits per heavy atom. The molecule has 2 atom stereocenters. The van der Waals surface area contributed by atoms with E-state index in [-0.39, 0.29) is 18.0 Å². The second-order valence-electron chi connectivity index (χ2n) is 5.76. The molecular formula is C16H20F2N2O3. The number of aliphatic hydroxyl groups is 1. The average Bonchev–Trinajstić information content (AvgIpc) is 2.51. The Kier molecular flexibility index (Phi) is 6.04. The van der Waals surface area contributed by atoms with E-state index in [1.165, 1.54) is 0 Å². The standard InChI is InChI=1S/C16H20F2N2O3/c17-12-5-11(6-13(18)7-12)16(23)20-9-15(22)19-8-10-3-1-2-4-14(10)21/h5-7,10,14,21H,1-4,8-9H2,(H,19,22)(H,20,23)/t10-,14+/m0/s1. The quantitative estimate of drug-likeness (QED) is 0.764. The van der Waals surface area contributed by atoms with E-state index >= 15 is 0 Å². The van der Waals surface area contributed by atoms with E-state index in [1.807, 2.05) is 0 Å². The van der Waals surface area contributed by atoms with E-state index in [0.717, 1.165) is 37.8 Å². The summed E-state index contributed by atoms with van der Waals surface area (Å²) in [6.45, 7) is 0.0598. The van der Waals surface area contributed by atoms with E-state index in [4.69, 9.17) is 0 Å². The molecule has 7 heteroatoms. The maximum atomic E-state index is 13.0. The van der Waals surface area contributed by atoms with Crippen molar-refractivity contribution in [2.75, 3.05) is 13.1 Å². The number of hydrogen-bond acceptors (Lipinski definition) is 3. The third-order valence-electron chi connectivity index (χ3n) is 3.96. The van der Waals surface area contributed by atoms with Crippen molar-refractivity contribution in [2.45, 2.75) is 31.8 Å². The van der Waals surface area contributed by atoms with Crippen molar-refractivity contribution in [1.82, 2.24) is 10.6 Å². The van der Waals surface area contributed by atoms with Gasteiger partial charge in [-0.1, -0.05) is 12.8 Å². The van der Waals surface area contributed by atoms with Gasteiger partial charge in [0.1, 0.15) is 11.6 Å². The number of halogens is 2. The minimum Gasteiger partial charge on any atom is -0.393 e. The van der Waals surface area contributed by atoms with Crippen LogP contribution in [0.15, 0.2) is 18.2 Å². The minimum atomic E-state index is -0.856. The minimum absolute atomic E-state index is 0.0284. The molecule has 1 aliphatic carbocycles. The summed E-state index contributed by atoms with van der Waals surface area (Å²) in [4.78, 5) is 23.5. The molecule has 0 bridgehead atoms. The molecule has 5 nitrogen and oxygen atoms in total. The van der Waals surface area contributed by atoms with Crippen molar-refractivity contribution >= 4 is 11.8 Å². The SMILES string of the molecule is O=C(CNC(=O)c1cc(F)cc(F)c1)NC[C@@H]1CCCC[C@H]1O. The Labute approximate surface area is 133 Å². The van der Waals surface area contributed by atoms with Gasteiger partial charge in [-0.05, 0) is 25.0 Å². The first-order chi connectivity index (χ1) is 11.0. The number of benzene rings is 1. The van der Waals surface area contributed by atoms with Crippen LogP contribution >= 0.6 is 0 Å². The van der Waals surface area contributed by atoms with Crippen LogP contribution in [0.3, 0.4) is 0 Å². The zero-order valence-electron chi connectivity index (χ0n) is 12.6.